The van der Waals surface area contributed by atoms with Gasteiger partial charge in [0.05, 0.1) is 10.8 Å². The van der Waals surface area contributed by atoms with Crippen LogP contribution in [-0.2, 0) is 4.79 Å². The summed E-state index contributed by atoms with van der Waals surface area (Å²) in [6.07, 6.45) is 0. The maximum absolute atomic E-state index is 10.3. The average molecular weight is 297 g/mol. The topological polar surface area (TPSA) is 37.3 Å². The predicted octanol–water partition coefficient (Wildman–Crippen LogP) is 3.90. The molecule has 0 aliphatic carbocycles. The summed E-state index contributed by atoms with van der Waals surface area (Å²) >= 11 is 14.8. The molecule has 0 saturated carbocycles. The molecule has 0 unspecified atom stereocenters. The van der Waals surface area contributed by atoms with Crippen LogP contribution in [0.5, 0.6) is 0 Å². The molecule has 0 atom stereocenters. The zero-order valence-electron chi connectivity index (χ0n) is 8.28. The Morgan fingerprint density at radius 3 is 2.75 bits per heavy atom. The van der Waals surface area contributed by atoms with E-state index in [-0.39, 0.29) is 5.75 Å². The van der Waals surface area contributed by atoms with E-state index in [0.29, 0.717) is 10.0 Å². The molecule has 2 nitrogen and oxygen atoms in total. The molecule has 0 heterocycles. The molecule has 0 spiro atoms. The van der Waals surface area contributed by atoms with Crippen LogP contribution in [0.4, 0.5) is 0 Å². The molecule has 1 aromatic carbocycles. The number of carboxylic acids is 1. The van der Waals surface area contributed by atoms with E-state index >= 15 is 0 Å². The molecule has 16 heavy (non-hydrogen) atoms. The van der Waals surface area contributed by atoms with Crippen LogP contribution in [0.3, 0.4) is 0 Å². The first kappa shape index (κ1) is 14.0. The van der Waals surface area contributed by atoms with Crippen molar-refractivity contribution in [3.8, 4) is 0 Å². The van der Waals surface area contributed by atoms with Gasteiger partial charge in [-0.15, -0.1) is 23.5 Å². The summed E-state index contributed by atoms with van der Waals surface area (Å²) in [6, 6.07) is 5.32. The Kier molecular flexibility index (Phi) is 6.43. The van der Waals surface area contributed by atoms with Crippen molar-refractivity contribution in [2.75, 3.05) is 17.3 Å². The van der Waals surface area contributed by atoms with Crippen LogP contribution >= 0.6 is 46.7 Å². The Morgan fingerprint density at radius 2 is 2.06 bits per heavy atom. The standard InChI is InChI=1S/C10H10Cl2O2S2/c11-7-1-2-8(12)9(5-7)16-4-3-15-6-10(13)14/h1-2,5H,3-4,6H2,(H,13,14). The molecule has 0 amide bonds. The number of carboxylic acid groups (broad SMARTS) is 1. The average Bonchev–Trinajstić information content (AvgIpc) is 2.22. The molecule has 0 aliphatic rings. The summed E-state index contributed by atoms with van der Waals surface area (Å²) in [5, 5.41) is 9.78. The van der Waals surface area contributed by atoms with E-state index in [1.807, 2.05) is 6.07 Å². The fraction of sp³-hybridized carbons (Fsp3) is 0.300. The SMILES string of the molecule is O=C(O)CSCCSc1cc(Cl)ccc1Cl. The normalized spacial score (nSPS) is 10.4. The van der Waals surface area contributed by atoms with Crippen molar-refractivity contribution < 1.29 is 9.90 Å². The first-order valence-electron chi connectivity index (χ1n) is 4.47. The number of hydrogen-bond donors (Lipinski definition) is 1. The van der Waals surface area contributed by atoms with Gasteiger partial charge in [-0.3, -0.25) is 4.79 Å². The van der Waals surface area contributed by atoms with Gasteiger partial charge < -0.3 is 5.11 Å². The van der Waals surface area contributed by atoms with Crippen LogP contribution in [0.1, 0.15) is 0 Å². The Labute approximate surface area is 113 Å². The molecule has 1 rings (SSSR count). The van der Waals surface area contributed by atoms with E-state index in [0.717, 1.165) is 16.4 Å². The smallest absolute Gasteiger partial charge is 0.313 e. The van der Waals surface area contributed by atoms with E-state index in [9.17, 15) is 4.79 Å². The second-order valence-corrected chi connectivity index (χ2v) is 5.96. The lowest BCUT2D eigenvalue weighted by molar-refractivity contribution is -0.133. The predicted molar refractivity (Wildman–Crippen MR) is 72.1 cm³/mol. The molecule has 0 aromatic heterocycles. The van der Waals surface area contributed by atoms with E-state index in [1.54, 1.807) is 23.9 Å². The lowest BCUT2D eigenvalue weighted by Gasteiger charge is -2.04. The molecule has 6 heteroatoms. The number of hydrogen-bond acceptors (Lipinski definition) is 3. The molecular formula is C10H10Cl2O2S2. The molecule has 1 aromatic rings. The summed E-state index contributed by atoms with van der Waals surface area (Å²) in [7, 11) is 0. The zero-order chi connectivity index (χ0) is 12.0. The van der Waals surface area contributed by atoms with Gasteiger partial charge in [0.1, 0.15) is 0 Å². The highest BCUT2D eigenvalue weighted by molar-refractivity contribution is 8.03. The molecule has 88 valence electrons. The van der Waals surface area contributed by atoms with E-state index < -0.39 is 5.97 Å². The van der Waals surface area contributed by atoms with Crippen LogP contribution in [0.25, 0.3) is 0 Å². The van der Waals surface area contributed by atoms with Gasteiger partial charge >= 0.3 is 5.97 Å². The largest absolute Gasteiger partial charge is 0.481 e. The van der Waals surface area contributed by atoms with Crippen LogP contribution in [0.15, 0.2) is 23.1 Å². The molecule has 0 radical (unpaired) electrons. The van der Waals surface area contributed by atoms with E-state index in [2.05, 4.69) is 0 Å². The van der Waals surface area contributed by atoms with Gasteiger partial charge in [0.2, 0.25) is 0 Å². The third-order valence-corrected chi connectivity index (χ3v) is 4.54. The second kappa shape index (κ2) is 7.33. The number of rotatable bonds is 6. The highest BCUT2D eigenvalue weighted by Gasteiger charge is 2.02. The van der Waals surface area contributed by atoms with Gasteiger partial charge in [0.15, 0.2) is 0 Å². The van der Waals surface area contributed by atoms with Crippen molar-refractivity contribution in [2.45, 2.75) is 4.90 Å². The van der Waals surface area contributed by atoms with Crippen LogP contribution < -0.4 is 0 Å². The summed E-state index contributed by atoms with van der Waals surface area (Å²) in [5.41, 5.74) is 0. The third-order valence-electron chi connectivity index (χ3n) is 1.60. The third kappa shape index (κ3) is 5.34. The minimum absolute atomic E-state index is 0.143. The number of benzene rings is 1. The fourth-order valence-corrected chi connectivity index (χ4v) is 3.24. The van der Waals surface area contributed by atoms with E-state index in [1.165, 1.54) is 11.8 Å². The quantitative estimate of drug-likeness (QED) is 0.638. The van der Waals surface area contributed by atoms with Crippen molar-refractivity contribution >= 4 is 52.7 Å². The molecular weight excluding hydrogens is 287 g/mol. The first-order chi connectivity index (χ1) is 7.59. The van der Waals surface area contributed by atoms with Gasteiger partial charge in [-0.05, 0) is 18.2 Å². The summed E-state index contributed by atoms with van der Waals surface area (Å²) in [5.74, 6) is 0.956. The summed E-state index contributed by atoms with van der Waals surface area (Å²) in [6.45, 7) is 0. The van der Waals surface area contributed by atoms with Crippen molar-refractivity contribution in [1.29, 1.82) is 0 Å². The van der Waals surface area contributed by atoms with Gasteiger partial charge in [0, 0.05) is 21.4 Å². The van der Waals surface area contributed by atoms with Crippen LogP contribution in [0.2, 0.25) is 10.0 Å². The number of thioether (sulfide) groups is 2. The zero-order valence-corrected chi connectivity index (χ0v) is 11.4. The van der Waals surface area contributed by atoms with Crippen molar-refractivity contribution in [3.63, 3.8) is 0 Å². The highest BCUT2D eigenvalue weighted by atomic mass is 35.5. The number of aliphatic carboxylic acids is 1. The number of carbonyl (C=O) groups is 1. The van der Waals surface area contributed by atoms with E-state index in [4.69, 9.17) is 28.3 Å². The molecule has 0 saturated heterocycles. The Hall–Kier alpha value is -0.0300. The molecule has 1 N–H and O–H groups in total. The Balaban J connectivity index is 2.31. The Bertz CT molecular complexity index is 372. The van der Waals surface area contributed by atoms with Crippen molar-refractivity contribution in [3.05, 3.63) is 28.2 Å². The van der Waals surface area contributed by atoms with Crippen molar-refractivity contribution in [1.82, 2.24) is 0 Å². The van der Waals surface area contributed by atoms with Gasteiger partial charge in [-0.1, -0.05) is 23.2 Å². The summed E-state index contributed by atoms with van der Waals surface area (Å²) < 4.78 is 0. The Morgan fingerprint density at radius 1 is 1.31 bits per heavy atom. The van der Waals surface area contributed by atoms with Crippen LogP contribution in [-0.4, -0.2) is 28.3 Å². The maximum Gasteiger partial charge on any atom is 0.313 e. The second-order valence-electron chi connectivity index (χ2n) is 2.87. The molecule has 0 aliphatic heterocycles. The van der Waals surface area contributed by atoms with Gasteiger partial charge in [-0.2, -0.15) is 0 Å². The minimum atomic E-state index is -0.782. The number of halogens is 2. The lowest BCUT2D eigenvalue weighted by atomic mass is 10.4. The van der Waals surface area contributed by atoms with Gasteiger partial charge in [-0.25, -0.2) is 0 Å². The van der Waals surface area contributed by atoms with Crippen LogP contribution in [0, 0.1) is 0 Å². The lowest BCUT2D eigenvalue weighted by Crippen LogP contribution is -1.99. The van der Waals surface area contributed by atoms with Crippen molar-refractivity contribution in [2.24, 2.45) is 0 Å². The summed E-state index contributed by atoms with van der Waals surface area (Å²) in [4.78, 5) is 11.2. The molecule has 0 bridgehead atoms. The van der Waals surface area contributed by atoms with Gasteiger partial charge in [0.25, 0.3) is 0 Å². The first-order valence-corrected chi connectivity index (χ1v) is 7.36. The monoisotopic (exact) mass is 296 g/mol. The molecule has 0 fully saturated rings. The minimum Gasteiger partial charge on any atom is -0.481 e. The maximum atomic E-state index is 10.3. The highest BCUT2D eigenvalue weighted by Crippen LogP contribution is 2.30. The fourth-order valence-electron chi connectivity index (χ4n) is 0.958.